The molecule has 2 heterocycles. The van der Waals surface area contributed by atoms with Gasteiger partial charge in [-0.15, -0.1) is 0 Å². The summed E-state index contributed by atoms with van der Waals surface area (Å²) in [5.41, 5.74) is -2.34. The molecule has 5 nitrogen and oxygen atoms in total. The minimum Gasteiger partial charge on any atom is -0.308 e. The molecule has 3 aromatic rings. The molecule has 0 amide bonds. The number of hydrogen-bond acceptors (Lipinski definition) is 4. The first-order valence-electron chi connectivity index (χ1n) is 5.70. The van der Waals surface area contributed by atoms with Gasteiger partial charge in [-0.1, -0.05) is 23.5 Å². The van der Waals surface area contributed by atoms with Crippen molar-refractivity contribution in [3.63, 3.8) is 0 Å². The number of nitrogens with zero attached hydrogens (tertiary/aromatic N) is 2. The second kappa shape index (κ2) is 4.55. The van der Waals surface area contributed by atoms with E-state index in [1.807, 2.05) is 5.10 Å². The van der Waals surface area contributed by atoms with Gasteiger partial charge in [0.1, 0.15) is 0 Å². The minimum absolute atomic E-state index is 0.0970. The molecular weight excluding hydrogens is 305 g/mol. The van der Waals surface area contributed by atoms with E-state index in [4.69, 9.17) is 5.41 Å². The van der Waals surface area contributed by atoms with Crippen LogP contribution in [-0.4, -0.2) is 21.0 Å². The zero-order valence-corrected chi connectivity index (χ0v) is 11.0. The molecule has 0 aliphatic carbocycles. The summed E-state index contributed by atoms with van der Waals surface area (Å²) in [4.78, 5) is 16.1. The number of benzene rings is 1. The van der Waals surface area contributed by atoms with Gasteiger partial charge in [-0.3, -0.25) is 9.89 Å². The number of nitrogens with one attached hydrogen (secondary N) is 2. The molecule has 21 heavy (non-hydrogen) atoms. The third kappa shape index (κ3) is 2.15. The molecular formula is C12H7F3N4OS. The number of aromatic amines is 1. The lowest BCUT2D eigenvalue weighted by atomic mass is 10.2. The monoisotopic (exact) mass is 312 g/mol. The fourth-order valence-electron chi connectivity index (χ4n) is 1.89. The van der Waals surface area contributed by atoms with Gasteiger partial charge in [-0.25, -0.2) is 4.98 Å². The molecule has 9 heteroatoms. The van der Waals surface area contributed by atoms with E-state index >= 15 is 0 Å². The summed E-state index contributed by atoms with van der Waals surface area (Å²) in [5.74, 6) is 0. The molecule has 0 aliphatic rings. The average Bonchev–Trinajstić information content (AvgIpc) is 2.98. The third-order valence-electron chi connectivity index (χ3n) is 2.83. The fraction of sp³-hybridized carbons (Fsp3) is 0.0833. The number of rotatable bonds is 2. The first kappa shape index (κ1) is 13.6. The zero-order chi connectivity index (χ0) is 15.2. The highest BCUT2D eigenvalue weighted by Gasteiger charge is 2.37. The van der Waals surface area contributed by atoms with Crippen molar-refractivity contribution < 1.29 is 13.2 Å². The molecule has 0 bridgehead atoms. The van der Waals surface area contributed by atoms with E-state index in [0.717, 1.165) is 16.0 Å². The number of alkyl halides is 3. The van der Waals surface area contributed by atoms with Crippen molar-refractivity contribution in [2.24, 2.45) is 0 Å². The summed E-state index contributed by atoms with van der Waals surface area (Å²) in [7, 11) is 0. The molecule has 2 aromatic heterocycles. The molecule has 2 N–H and O–H groups in total. The molecule has 0 aliphatic heterocycles. The SMILES string of the molecule is N=Cc1c(C(F)(F)F)[nH]n(-c2nc3ccccc3s2)c1=O. The maximum atomic E-state index is 12.8. The summed E-state index contributed by atoms with van der Waals surface area (Å²) in [6.45, 7) is 0. The molecule has 0 radical (unpaired) electrons. The lowest BCUT2D eigenvalue weighted by Gasteiger charge is -2.03. The van der Waals surface area contributed by atoms with E-state index in [0.29, 0.717) is 16.4 Å². The number of aromatic nitrogens is 3. The molecule has 3 rings (SSSR count). The molecule has 0 atom stereocenters. The zero-order valence-electron chi connectivity index (χ0n) is 10.2. The number of halogens is 3. The normalized spacial score (nSPS) is 12.0. The molecule has 0 unspecified atom stereocenters. The van der Waals surface area contributed by atoms with Gasteiger partial charge < -0.3 is 5.41 Å². The van der Waals surface area contributed by atoms with Crippen molar-refractivity contribution in [2.45, 2.75) is 6.18 Å². The second-order valence-electron chi connectivity index (χ2n) is 4.15. The maximum absolute atomic E-state index is 12.8. The van der Waals surface area contributed by atoms with Gasteiger partial charge in [-0.2, -0.15) is 17.9 Å². The fourth-order valence-corrected chi connectivity index (χ4v) is 2.82. The Balaban J connectivity index is 2.25. The second-order valence-corrected chi connectivity index (χ2v) is 5.16. The van der Waals surface area contributed by atoms with Crippen molar-refractivity contribution in [1.29, 1.82) is 5.41 Å². The number of H-pyrrole nitrogens is 1. The number of thiazole rings is 1. The van der Waals surface area contributed by atoms with Gasteiger partial charge in [0.15, 0.2) is 5.69 Å². The van der Waals surface area contributed by atoms with Crippen LogP contribution < -0.4 is 5.56 Å². The van der Waals surface area contributed by atoms with Crippen LogP contribution in [0.25, 0.3) is 15.3 Å². The average molecular weight is 312 g/mol. The minimum atomic E-state index is -4.74. The van der Waals surface area contributed by atoms with E-state index in [-0.39, 0.29) is 5.13 Å². The number of fused-ring (bicyclic) bond motifs is 1. The predicted molar refractivity (Wildman–Crippen MR) is 72.5 cm³/mol. The molecule has 0 saturated heterocycles. The lowest BCUT2D eigenvalue weighted by Crippen LogP contribution is -2.17. The molecule has 108 valence electrons. The van der Waals surface area contributed by atoms with Crippen molar-refractivity contribution in [1.82, 2.24) is 14.8 Å². The number of hydrogen-bond donors (Lipinski definition) is 2. The van der Waals surface area contributed by atoms with E-state index < -0.39 is 23.0 Å². The first-order chi connectivity index (χ1) is 9.91. The Kier molecular flexibility index (Phi) is 2.94. The molecule has 1 aromatic carbocycles. The van der Waals surface area contributed by atoms with Crippen molar-refractivity contribution in [2.75, 3.05) is 0 Å². The van der Waals surface area contributed by atoms with Crippen LogP contribution in [0.5, 0.6) is 0 Å². The van der Waals surface area contributed by atoms with Gasteiger partial charge in [-0.05, 0) is 12.1 Å². The highest BCUT2D eigenvalue weighted by Crippen LogP contribution is 2.30. The van der Waals surface area contributed by atoms with E-state index in [2.05, 4.69) is 4.98 Å². The first-order valence-corrected chi connectivity index (χ1v) is 6.52. The van der Waals surface area contributed by atoms with Crippen molar-refractivity contribution >= 4 is 27.8 Å². The largest absolute Gasteiger partial charge is 0.433 e. The third-order valence-corrected chi connectivity index (χ3v) is 3.85. The van der Waals surface area contributed by atoms with E-state index in [1.54, 1.807) is 24.3 Å². The van der Waals surface area contributed by atoms with Gasteiger partial charge in [0.05, 0.1) is 15.8 Å². The van der Waals surface area contributed by atoms with Crippen LogP contribution in [0.1, 0.15) is 11.3 Å². The summed E-state index contributed by atoms with van der Waals surface area (Å²) >= 11 is 1.09. The maximum Gasteiger partial charge on any atom is 0.433 e. The molecule has 0 saturated carbocycles. The topological polar surface area (TPSA) is 74.5 Å². The highest BCUT2D eigenvalue weighted by atomic mass is 32.1. The van der Waals surface area contributed by atoms with Crippen molar-refractivity contribution in [3.05, 3.63) is 45.9 Å². The van der Waals surface area contributed by atoms with Crippen LogP contribution in [0, 0.1) is 5.41 Å². The Morgan fingerprint density at radius 3 is 2.62 bits per heavy atom. The molecule has 0 fully saturated rings. The smallest absolute Gasteiger partial charge is 0.308 e. The number of para-hydroxylation sites is 1. The predicted octanol–water partition coefficient (Wildman–Crippen LogP) is 2.79. The quantitative estimate of drug-likeness (QED) is 0.714. The molecule has 0 spiro atoms. The van der Waals surface area contributed by atoms with Gasteiger partial charge in [0.2, 0.25) is 5.13 Å². The Labute approximate surface area is 119 Å². The van der Waals surface area contributed by atoms with Gasteiger partial charge in [0, 0.05) is 6.21 Å². The summed E-state index contributed by atoms with van der Waals surface area (Å²) in [6.07, 6.45) is -4.35. The summed E-state index contributed by atoms with van der Waals surface area (Å²) in [6, 6.07) is 6.97. The van der Waals surface area contributed by atoms with Gasteiger partial charge in [0.25, 0.3) is 5.56 Å². The van der Waals surface area contributed by atoms with E-state index in [1.165, 1.54) is 0 Å². The van der Waals surface area contributed by atoms with Crippen LogP contribution in [0.2, 0.25) is 0 Å². The van der Waals surface area contributed by atoms with E-state index in [9.17, 15) is 18.0 Å². The van der Waals surface area contributed by atoms with Crippen molar-refractivity contribution in [3.8, 4) is 5.13 Å². The Bertz CT molecular complexity index is 857. The van der Waals surface area contributed by atoms with Crippen LogP contribution in [0.3, 0.4) is 0 Å². The van der Waals surface area contributed by atoms with Crippen LogP contribution in [0.15, 0.2) is 29.1 Å². The summed E-state index contributed by atoms with van der Waals surface area (Å²) < 4.78 is 40.0. The Morgan fingerprint density at radius 1 is 1.33 bits per heavy atom. The Hall–Kier alpha value is -2.42. The Morgan fingerprint density at radius 2 is 2.05 bits per heavy atom. The van der Waals surface area contributed by atoms with Gasteiger partial charge >= 0.3 is 6.18 Å². The van der Waals surface area contributed by atoms with Crippen LogP contribution >= 0.6 is 11.3 Å². The lowest BCUT2D eigenvalue weighted by molar-refractivity contribution is -0.141. The summed E-state index contributed by atoms with van der Waals surface area (Å²) in [5, 5.41) is 9.10. The van der Waals surface area contributed by atoms with Crippen LogP contribution in [-0.2, 0) is 6.18 Å². The van der Waals surface area contributed by atoms with Crippen LogP contribution in [0.4, 0.5) is 13.2 Å². The standard InChI is InChI=1S/C12H7F3N4OS/c13-12(14,15)9-6(5-16)10(20)19(18-9)11-17-7-3-1-2-4-8(7)21-11/h1-5,16,18H. The highest BCUT2D eigenvalue weighted by molar-refractivity contribution is 7.20.